The molecule has 0 N–H and O–H groups in total. The van der Waals surface area contributed by atoms with E-state index in [1.165, 1.54) is 0 Å². The first-order valence-corrected chi connectivity index (χ1v) is 8.93. The zero-order chi connectivity index (χ0) is 18.9. The van der Waals surface area contributed by atoms with Crippen molar-refractivity contribution < 1.29 is 24.0 Å². The normalized spacial score (nSPS) is 17.0. The molecule has 4 rings (SSSR count). The number of ether oxygens (including phenoxy) is 1. The molecule has 0 unspecified atom stereocenters. The number of imide groups is 1. The Morgan fingerprint density at radius 1 is 0.926 bits per heavy atom. The van der Waals surface area contributed by atoms with E-state index in [2.05, 4.69) is 0 Å². The van der Waals surface area contributed by atoms with Gasteiger partial charge in [0, 0.05) is 6.61 Å². The van der Waals surface area contributed by atoms with Crippen LogP contribution in [0.2, 0.25) is 0 Å². The van der Waals surface area contributed by atoms with Gasteiger partial charge in [0.25, 0.3) is 11.8 Å². The maximum Gasteiger partial charge on any atom is 0.339 e. The van der Waals surface area contributed by atoms with E-state index in [4.69, 9.17) is 9.57 Å². The first-order chi connectivity index (χ1) is 13.1. The minimum atomic E-state index is -0.661. The molecule has 2 aromatic rings. The van der Waals surface area contributed by atoms with Gasteiger partial charge in [0.05, 0.1) is 23.1 Å². The van der Waals surface area contributed by atoms with Crippen molar-refractivity contribution in [1.29, 1.82) is 0 Å². The Balaban J connectivity index is 1.32. The van der Waals surface area contributed by atoms with Crippen LogP contribution in [0.4, 0.5) is 0 Å². The highest BCUT2D eigenvalue weighted by molar-refractivity contribution is 6.20. The van der Waals surface area contributed by atoms with Gasteiger partial charge in [-0.25, -0.2) is 4.79 Å². The lowest BCUT2D eigenvalue weighted by atomic mass is 10.0. The Kier molecular flexibility index (Phi) is 4.49. The Hall–Kier alpha value is -2.99. The minimum Gasteiger partial charge on any atom is -0.377 e. The van der Waals surface area contributed by atoms with Crippen LogP contribution in [-0.4, -0.2) is 29.5 Å². The maximum atomic E-state index is 12.6. The standard InChI is InChI=1S/C21H19NO5/c23-18-16-8-4-5-9-17(16)19(24)22(18)27-20(25)21(10-11-21)12-13-26-14-15-6-2-1-3-7-15/h1-9H,10-14H2. The molecule has 0 aromatic heterocycles. The number of hydroxylamine groups is 2. The van der Waals surface area contributed by atoms with Crippen LogP contribution < -0.4 is 0 Å². The fourth-order valence-electron chi connectivity index (χ4n) is 3.17. The summed E-state index contributed by atoms with van der Waals surface area (Å²) in [6, 6.07) is 16.2. The van der Waals surface area contributed by atoms with Gasteiger partial charge in [0.1, 0.15) is 0 Å². The van der Waals surface area contributed by atoms with E-state index in [-0.39, 0.29) is 11.1 Å². The third-order valence-corrected chi connectivity index (χ3v) is 5.05. The Morgan fingerprint density at radius 2 is 1.52 bits per heavy atom. The number of benzene rings is 2. The van der Waals surface area contributed by atoms with E-state index < -0.39 is 23.2 Å². The van der Waals surface area contributed by atoms with Crippen molar-refractivity contribution in [3.8, 4) is 0 Å². The Morgan fingerprint density at radius 3 is 2.11 bits per heavy atom. The molecular formula is C21H19NO5. The first-order valence-electron chi connectivity index (χ1n) is 8.93. The van der Waals surface area contributed by atoms with Crippen molar-refractivity contribution in [3.63, 3.8) is 0 Å². The average molecular weight is 365 g/mol. The fourth-order valence-corrected chi connectivity index (χ4v) is 3.17. The molecule has 6 nitrogen and oxygen atoms in total. The second-order valence-electron chi connectivity index (χ2n) is 6.90. The number of nitrogens with zero attached hydrogens (tertiary/aromatic N) is 1. The molecule has 2 aromatic carbocycles. The van der Waals surface area contributed by atoms with Crippen molar-refractivity contribution in [2.75, 3.05) is 6.61 Å². The zero-order valence-electron chi connectivity index (χ0n) is 14.7. The third kappa shape index (κ3) is 3.36. The van der Waals surface area contributed by atoms with Crippen LogP contribution in [-0.2, 0) is 21.0 Å². The molecule has 1 fully saturated rings. The monoisotopic (exact) mass is 365 g/mol. The molecule has 1 heterocycles. The summed E-state index contributed by atoms with van der Waals surface area (Å²) in [5.41, 5.74) is 0.917. The van der Waals surface area contributed by atoms with Gasteiger partial charge in [-0.3, -0.25) is 9.59 Å². The third-order valence-electron chi connectivity index (χ3n) is 5.05. The van der Waals surface area contributed by atoms with Crippen LogP contribution >= 0.6 is 0 Å². The summed E-state index contributed by atoms with van der Waals surface area (Å²) in [6.45, 7) is 0.885. The van der Waals surface area contributed by atoms with Gasteiger partial charge in [-0.2, -0.15) is 0 Å². The highest BCUT2D eigenvalue weighted by Gasteiger charge is 2.53. The summed E-state index contributed by atoms with van der Waals surface area (Å²) >= 11 is 0. The van der Waals surface area contributed by atoms with E-state index in [1.807, 2.05) is 30.3 Å². The van der Waals surface area contributed by atoms with E-state index in [9.17, 15) is 14.4 Å². The summed E-state index contributed by atoms with van der Waals surface area (Å²) in [6.07, 6.45) is 1.84. The van der Waals surface area contributed by atoms with Gasteiger partial charge in [0.2, 0.25) is 0 Å². The molecule has 0 radical (unpaired) electrons. The fraction of sp³-hybridized carbons (Fsp3) is 0.286. The summed E-state index contributed by atoms with van der Waals surface area (Å²) in [5, 5.41) is 0.581. The number of hydrogen-bond acceptors (Lipinski definition) is 5. The summed E-state index contributed by atoms with van der Waals surface area (Å²) in [5.74, 6) is -1.74. The van der Waals surface area contributed by atoms with Crippen molar-refractivity contribution >= 4 is 17.8 Å². The quantitative estimate of drug-likeness (QED) is 0.557. The first kappa shape index (κ1) is 17.4. The molecule has 27 heavy (non-hydrogen) atoms. The van der Waals surface area contributed by atoms with Crippen LogP contribution in [0, 0.1) is 5.41 Å². The average Bonchev–Trinajstić information content (AvgIpc) is 3.46. The summed E-state index contributed by atoms with van der Waals surface area (Å²) in [7, 11) is 0. The van der Waals surface area contributed by atoms with Gasteiger partial charge in [-0.05, 0) is 37.0 Å². The molecule has 2 aliphatic rings. The number of hydrogen-bond donors (Lipinski definition) is 0. The number of carbonyl (C=O) groups excluding carboxylic acids is 3. The molecule has 138 valence electrons. The number of rotatable bonds is 7. The van der Waals surface area contributed by atoms with E-state index in [0.717, 1.165) is 5.56 Å². The van der Waals surface area contributed by atoms with Gasteiger partial charge in [-0.1, -0.05) is 47.5 Å². The topological polar surface area (TPSA) is 72.9 Å². The molecule has 6 heteroatoms. The van der Waals surface area contributed by atoms with E-state index in [0.29, 0.717) is 37.5 Å². The smallest absolute Gasteiger partial charge is 0.339 e. The van der Waals surface area contributed by atoms with Crippen LogP contribution in [0.1, 0.15) is 45.5 Å². The lowest BCUT2D eigenvalue weighted by molar-refractivity contribution is -0.176. The molecule has 1 aliphatic carbocycles. The molecular weight excluding hydrogens is 346 g/mol. The van der Waals surface area contributed by atoms with Gasteiger partial charge >= 0.3 is 5.97 Å². The lowest BCUT2D eigenvalue weighted by Crippen LogP contribution is -2.36. The predicted molar refractivity (Wildman–Crippen MR) is 95.4 cm³/mol. The van der Waals surface area contributed by atoms with Crippen LogP contribution in [0.5, 0.6) is 0 Å². The van der Waals surface area contributed by atoms with E-state index >= 15 is 0 Å². The van der Waals surface area contributed by atoms with Crippen LogP contribution in [0.25, 0.3) is 0 Å². The number of amides is 2. The molecule has 0 spiro atoms. The predicted octanol–water partition coefficient (Wildman–Crippen LogP) is 3.13. The SMILES string of the molecule is O=C1c2ccccc2C(=O)N1OC(=O)C1(CCOCc2ccccc2)CC1. The summed E-state index contributed by atoms with van der Waals surface area (Å²) in [4.78, 5) is 42.4. The molecule has 0 bridgehead atoms. The molecule has 1 saturated carbocycles. The molecule has 2 amide bonds. The molecule has 0 atom stereocenters. The molecule has 1 aliphatic heterocycles. The van der Waals surface area contributed by atoms with Crippen LogP contribution in [0.15, 0.2) is 54.6 Å². The van der Waals surface area contributed by atoms with Crippen molar-refractivity contribution in [3.05, 3.63) is 71.3 Å². The lowest BCUT2D eigenvalue weighted by Gasteiger charge is -2.18. The van der Waals surface area contributed by atoms with Gasteiger partial charge < -0.3 is 9.57 Å². The second-order valence-corrected chi connectivity index (χ2v) is 6.90. The highest BCUT2D eigenvalue weighted by atomic mass is 16.7. The van der Waals surface area contributed by atoms with Gasteiger partial charge in [0.15, 0.2) is 0 Å². The Bertz CT molecular complexity index is 853. The highest BCUT2D eigenvalue weighted by Crippen LogP contribution is 2.50. The minimum absolute atomic E-state index is 0.256. The number of fused-ring (bicyclic) bond motifs is 1. The van der Waals surface area contributed by atoms with Crippen molar-refractivity contribution in [2.24, 2.45) is 5.41 Å². The second kappa shape index (κ2) is 6.96. The Labute approximate surface area is 156 Å². The van der Waals surface area contributed by atoms with Gasteiger partial charge in [-0.15, -0.1) is 0 Å². The van der Waals surface area contributed by atoms with Crippen LogP contribution in [0.3, 0.4) is 0 Å². The van der Waals surface area contributed by atoms with Crippen molar-refractivity contribution in [1.82, 2.24) is 5.06 Å². The number of carbonyl (C=O) groups is 3. The summed E-state index contributed by atoms with van der Waals surface area (Å²) < 4.78 is 5.65. The zero-order valence-corrected chi connectivity index (χ0v) is 14.7. The van der Waals surface area contributed by atoms with Crippen molar-refractivity contribution in [2.45, 2.75) is 25.9 Å². The molecule has 0 saturated heterocycles. The van der Waals surface area contributed by atoms with E-state index in [1.54, 1.807) is 24.3 Å². The maximum absolute atomic E-state index is 12.6. The largest absolute Gasteiger partial charge is 0.377 e.